The maximum atomic E-state index is 2.47. The van der Waals surface area contributed by atoms with Crippen molar-refractivity contribution in [3.63, 3.8) is 0 Å². The van der Waals surface area contributed by atoms with Crippen molar-refractivity contribution in [2.24, 2.45) is 0 Å². The highest BCUT2D eigenvalue weighted by molar-refractivity contribution is 6.24. The average molecular weight is 1080 g/mol. The van der Waals surface area contributed by atoms with Gasteiger partial charge in [-0.3, -0.25) is 0 Å². The van der Waals surface area contributed by atoms with Crippen LogP contribution in [0.15, 0.2) is 315 Å². The Bertz CT molecular complexity index is 5300. The first-order valence-electron chi connectivity index (χ1n) is 29.7. The van der Waals surface area contributed by atoms with Crippen LogP contribution < -0.4 is 0 Å². The fourth-order valence-corrected chi connectivity index (χ4v) is 14.3. The molecule has 1 aliphatic rings. The Morgan fingerprint density at radius 1 is 0.176 bits per heavy atom. The van der Waals surface area contributed by atoms with Crippen LogP contribution in [0.2, 0.25) is 0 Å². The summed E-state index contributed by atoms with van der Waals surface area (Å²) in [7, 11) is 0. The number of hydrogen-bond donors (Lipinski definition) is 0. The van der Waals surface area contributed by atoms with Crippen LogP contribution in [0.4, 0.5) is 0 Å². The molecule has 85 heavy (non-hydrogen) atoms. The first-order chi connectivity index (χ1) is 41.9. The van der Waals surface area contributed by atoms with Crippen LogP contribution in [-0.2, 0) is 5.41 Å². The normalized spacial score (nSPS) is 12.4. The minimum absolute atomic E-state index is 0.0565. The lowest BCUT2D eigenvalue weighted by atomic mass is 9.80. The van der Waals surface area contributed by atoms with E-state index < -0.39 is 0 Å². The molecule has 17 rings (SSSR count). The molecule has 0 heterocycles. The summed E-state index contributed by atoms with van der Waals surface area (Å²) >= 11 is 0. The molecular formula is C85H58. The van der Waals surface area contributed by atoms with E-state index in [4.69, 9.17) is 0 Å². The summed E-state index contributed by atoms with van der Waals surface area (Å²) in [5.41, 5.74) is 20.6. The number of rotatable bonds is 6. The molecule has 0 radical (unpaired) electrons. The van der Waals surface area contributed by atoms with Crippen molar-refractivity contribution < 1.29 is 0 Å². The zero-order valence-corrected chi connectivity index (χ0v) is 47.5. The van der Waals surface area contributed by atoms with Crippen LogP contribution in [0, 0.1) is 0 Å². The molecule has 0 spiro atoms. The van der Waals surface area contributed by atoms with Gasteiger partial charge in [0.25, 0.3) is 0 Å². The van der Waals surface area contributed by atoms with Crippen molar-refractivity contribution in [1.82, 2.24) is 0 Å². The quantitative estimate of drug-likeness (QED) is 0.146. The molecule has 0 unspecified atom stereocenters. The summed E-state index contributed by atoms with van der Waals surface area (Å²) in [6.45, 7) is 4.74. The summed E-state index contributed by atoms with van der Waals surface area (Å²) in [5, 5.41) is 17.8. The molecule has 16 aromatic rings. The topological polar surface area (TPSA) is 0 Å². The molecule has 16 aromatic carbocycles. The van der Waals surface area contributed by atoms with Gasteiger partial charge >= 0.3 is 0 Å². The number of fused-ring (bicyclic) bond motifs is 10. The Morgan fingerprint density at radius 3 is 1.06 bits per heavy atom. The lowest BCUT2D eigenvalue weighted by molar-refractivity contribution is 0.660. The standard InChI is InChI=1S/C45H32.C40H26/c1-45(2)41-22-11-10-18-35(41)36-25-24-32(28-42(36)45)44-38-20-9-8-19-37(38)43(30-14-4-3-5-15-30)40-27-31(23-26-39(40)44)34-21-12-16-29-13-6-7-17-33(29)34;1-2-13-29(14-3-1)39-35-18-8-9-19-36(35)40(32-22-21-27-11-4-5-15-30(27)25-32)37-24-23-31(26-38(37)39)34-20-10-16-28-12-6-7-17-33(28)34/h3-28H,1-2H3;1-26H. The van der Waals surface area contributed by atoms with E-state index in [0.29, 0.717) is 0 Å². The number of hydrogen-bond acceptors (Lipinski definition) is 0. The van der Waals surface area contributed by atoms with E-state index in [2.05, 4.69) is 329 Å². The van der Waals surface area contributed by atoms with E-state index in [9.17, 15) is 0 Å². The summed E-state index contributed by atoms with van der Waals surface area (Å²) < 4.78 is 0. The van der Waals surface area contributed by atoms with Gasteiger partial charge in [0, 0.05) is 5.41 Å². The first-order valence-corrected chi connectivity index (χ1v) is 29.7. The second-order valence-corrected chi connectivity index (χ2v) is 23.4. The Labute approximate surface area is 496 Å². The predicted molar refractivity (Wildman–Crippen MR) is 366 cm³/mol. The van der Waals surface area contributed by atoms with Gasteiger partial charge in [-0.2, -0.15) is 0 Å². The van der Waals surface area contributed by atoms with Gasteiger partial charge in [-0.1, -0.05) is 305 Å². The van der Waals surface area contributed by atoms with Gasteiger partial charge in [-0.15, -0.1) is 0 Å². The highest BCUT2D eigenvalue weighted by Gasteiger charge is 2.35. The van der Waals surface area contributed by atoms with Crippen molar-refractivity contribution >= 4 is 75.4 Å². The molecule has 0 saturated heterocycles. The van der Waals surface area contributed by atoms with Gasteiger partial charge < -0.3 is 0 Å². The molecule has 0 nitrogen and oxygen atoms in total. The highest BCUT2D eigenvalue weighted by atomic mass is 14.4. The van der Waals surface area contributed by atoms with Crippen molar-refractivity contribution in [1.29, 1.82) is 0 Å². The van der Waals surface area contributed by atoms with Gasteiger partial charge in [-0.25, -0.2) is 0 Å². The third kappa shape index (κ3) is 8.36. The Balaban J connectivity index is 0.000000139. The van der Waals surface area contributed by atoms with Gasteiger partial charge in [0.2, 0.25) is 0 Å². The third-order valence-corrected chi connectivity index (χ3v) is 18.3. The molecule has 0 amide bonds. The van der Waals surface area contributed by atoms with Crippen LogP contribution in [0.5, 0.6) is 0 Å². The molecule has 0 aromatic heterocycles. The molecule has 0 bridgehead atoms. The maximum absolute atomic E-state index is 2.47. The Morgan fingerprint density at radius 2 is 0.529 bits per heavy atom. The first kappa shape index (κ1) is 50.1. The summed E-state index contributed by atoms with van der Waals surface area (Å²) in [4.78, 5) is 0. The fourth-order valence-electron chi connectivity index (χ4n) is 14.3. The molecule has 0 fully saturated rings. The van der Waals surface area contributed by atoms with E-state index in [1.807, 2.05) is 0 Å². The lowest BCUT2D eigenvalue weighted by Gasteiger charge is -2.23. The summed E-state index contributed by atoms with van der Waals surface area (Å²) in [5.74, 6) is 0. The second-order valence-electron chi connectivity index (χ2n) is 23.4. The zero-order chi connectivity index (χ0) is 56.6. The smallest absolute Gasteiger partial charge is 0.0159 e. The molecule has 0 atom stereocenters. The molecule has 0 saturated carbocycles. The molecule has 0 heteroatoms. The minimum Gasteiger partial charge on any atom is -0.0622 e. The van der Waals surface area contributed by atoms with E-state index in [0.717, 1.165) is 0 Å². The lowest BCUT2D eigenvalue weighted by Crippen LogP contribution is -2.14. The van der Waals surface area contributed by atoms with Gasteiger partial charge in [0.15, 0.2) is 0 Å². The maximum Gasteiger partial charge on any atom is 0.0159 e. The summed E-state index contributed by atoms with van der Waals surface area (Å²) in [6.07, 6.45) is 0. The van der Waals surface area contributed by atoms with Crippen LogP contribution in [0.1, 0.15) is 25.0 Å². The van der Waals surface area contributed by atoms with Gasteiger partial charge in [-0.05, 0) is 189 Å². The molecular weight excluding hydrogens is 1020 g/mol. The van der Waals surface area contributed by atoms with Crippen molar-refractivity contribution in [3.8, 4) is 77.9 Å². The average Bonchev–Trinajstić information content (AvgIpc) is 1.82. The fraction of sp³-hybridized carbons (Fsp3) is 0.0353. The summed E-state index contributed by atoms with van der Waals surface area (Å²) in [6, 6.07) is 116. The monoisotopic (exact) mass is 1080 g/mol. The molecule has 0 N–H and O–H groups in total. The Hall–Kier alpha value is -10.7. The van der Waals surface area contributed by atoms with Crippen molar-refractivity contribution in [2.45, 2.75) is 19.3 Å². The van der Waals surface area contributed by atoms with Crippen LogP contribution in [0.3, 0.4) is 0 Å². The van der Waals surface area contributed by atoms with Crippen LogP contribution in [-0.4, -0.2) is 0 Å². The van der Waals surface area contributed by atoms with E-state index in [-0.39, 0.29) is 5.41 Å². The van der Waals surface area contributed by atoms with Crippen molar-refractivity contribution in [3.05, 3.63) is 327 Å². The second kappa shape index (κ2) is 20.3. The predicted octanol–water partition coefficient (Wildman–Crippen LogP) is 23.8. The third-order valence-electron chi connectivity index (χ3n) is 18.3. The molecule has 0 aliphatic heterocycles. The van der Waals surface area contributed by atoms with E-state index >= 15 is 0 Å². The zero-order valence-electron chi connectivity index (χ0n) is 47.5. The van der Waals surface area contributed by atoms with E-state index in [1.54, 1.807) is 0 Å². The molecule has 398 valence electrons. The minimum atomic E-state index is -0.0565. The number of benzene rings is 16. The van der Waals surface area contributed by atoms with Gasteiger partial charge in [0.05, 0.1) is 0 Å². The van der Waals surface area contributed by atoms with Gasteiger partial charge in [0.1, 0.15) is 0 Å². The molecule has 1 aliphatic carbocycles. The van der Waals surface area contributed by atoms with Crippen molar-refractivity contribution in [2.75, 3.05) is 0 Å². The SMILES string of the molecule is CC1(C)c2ccccc2-c2ccc(-c3c4ccccc4c(-c4ccccc4)c4cc(-c5cccc6ccccc56)ccc34)cc21.c1ccc(-c2c3ccccc3c(-c3ccc4ccccc4c3)c3ccc(-c4cccc5ccccc45)cc23)cc1. The van der Waals surface area contributed by atoms with Crippen LogP contribution >= 0.6 is 0 Å². The van der Waals surface area contributed by atoms with Crippen LogP contribution in [0.25, 0.3) is 153 Å². The Kier molecular flexibility index (Phi) is 12.0. The highest BCUT2D eigenvalue weighted by Crippen LogP contribution is 2.52. The van der Waals surface area contributed by atoms with E-state index in [1.165, 1.54) is 164 Å². The largest absolute Gasteiger partial charge is 0.0622 e.